The number of nitrogens with one attached hydrogen (secondary N) is 2. The molecule has 1 unspecified atom stereocenters. The first-order chi connectivity index (χ1) is 10.2. The topological polar surface area (TPSA) is 61.4 Å². The van der Waals surface area contributed by atoms with E-state index >= 15 is 0 Å². The maximum absolute atomic E-state index is 11.1. The summed E-state index contributed by atoms with van der Waals surface area (Å²) in [6.07, 6.45) is 1.16. The Morgan fingerprint density at radius 1 is 1.38 bits per heavy atom. The van der Waals surface area contributed by atoms with Crippen LogP contribution in [0.25, 0.3) is 0 Å². The number of carboxylic acids is 1. The van der Waals surface area contributed by atoms with Gasteiger partial charge in [0.25, 0.3) is 0 Å². The van der Waals surface area contributed by atoms with Gasteiger partial charge in [0.15, 0.2) is 0 Å². The molecule has 2 aromatic rings. The minimum Gasteiger partial charge on any atom is -0.481 e. The molecule has 5 heteroatoms. The van der Waals surface area contributed by atoms with Crippen LogP contribution in [-0.2, 0) is 17.8 Å². The van der Waals surface area contributed by atoms with E-state index in [9.17, 15) is 4.79 Å². The van der Waals surface area contributed by atoms with E-state index in [2.05, 4.69) is 28.8 Å². The summed E-state index contributed by atoms with van der Waals surface area (Å²) < 4.78 is 0. The van der Waals surface area contributed by atoms with Gasteiger partial charge in [-0.2, -0.15) is 0 Å². The molecule has 1 aromatic carbocycles. The Hall–Kier alpha value is -1.85. The molecular formula is C16H18N2O2S. The molecule has 0 spiro atoms. The van der Waals surface area contributed by atoms with E-state index < -0.39 is 5.97 Å². The summed E-state index contributed by atoms with van der Waals surface area (Å²) in [6, 6.07) is 10.1. The van der Waals surface area contributed by atoms with Gasteiger partial charge in [-0.25, -0.2) is 0 Å². The highest BCUT2D eigenvalue weighted by molar-refractivity contribution is 7.10. The molecule has 4 nitrogen and oxygen atoms in total. The molecule has 0 amide bonds. The predicted octanol–water partition coefficient (Wildman–Crippen LogP) is 3.02. The second-order valence-electron chi connectivity index (χ2n) is 5.17. The van der Waals surface area contributed by atoms with Gasteiger partial charge in [-0.05, 0) is 29.0 Å². The van der Waals surface area contributed by atoms with Gasteiger partial charge in [0.1, 0.15) is 0 Å². The standard InChI is InChI=1S/C16H18N2O2S/c19-15(20)9-13(14-5-2-8-21-14)18-10-12-4-1-3-11-6-7-17-16(11)12/h1-5,8,13,17-18H,6-7,9-10H2,(H,19,20). The lowest BCUT2D eigenvalue weighted by atomic mass is 10.1. The van der Waals surface area contributed by atoms with Crippen molar-refractivity contribution in [2.24, 2.45) is 0 Å². The van der Waals surface area contributed by atoms with Gasteiger partial charge in [-0.3, -0.25) is 4.79 Å². The van der Waals surface area contributed by atoms with Crippen molar-refractivity contribution in [1.29, 1.82) is 0 Å². The molecule has 1 atom stereocenters. The molecule has 0 bridgehead atoms. The number of aliphatic carboxylic acids is 1. The molecule has 0 saturated carbocycles. The number of fused-ring (bicyclic) bond motifs is 1. The molecule has 21 heavy (non-hydrogen) atoms. The van der Waals surface area contributed by atoms with Crippen LogP contribution >= 0.6 is 11.3 Å². The Morgan fingerprint density at radius 3 is 3.05 bits per heavy atom. The van der Waals surface area contributed by atoms with Gasteiger partial charge < -0.3 is 15.7 Å². The van der Waals surface area contributed by atoms with Crippen molar-refractivity contribution in [3.8, 4) is 0 Å². The number of hydrogen-bond acceptors (Lipinski definition) is 4. The van der Waals surface area contributed by atoms with E-state index in [-0.39, 0.29) is 12.5 Å². The van der Waals surface area contributed by atoms with Crippen molar-refractivity contribution >= 4 is 23.0 Å². The van der Waals surface area contributed by atoms with Crippen LogP contribution in [0.5, 0.6) is 0 Å². The fraction of sp³-hybridized carbons (Fsp3) is 0.312. The van der Waals surface area contributed by atoms with Crippen molar-refractivity contribution in [2.45, 2.75) is 25.4 Å². The van der Waals surface area contributed by atoms with Crippen molar-refractivity contribution in [2.75, 3.05) is 11.9 Å². The second kappa shape index (κ2) is 6.28. The molecule has 1 aliphatic heterocycles. The monoisotopic (exact) mass is 302 g/mol. The van der Waals surface area contributed by atoms with Crippen LogP contribution in [0, 0.1) is 0 Å². The maximum atomic E-state index is 11.1. The van der Waals surface area contributed by atoms with Gasteiger partial charge >= 0.3 is 5.97 Å². The van der Waals surface area contributed by atoms with E-state index in [0.717, 1.165) is 17.8 Å². The van der Waals surface area contributed by atoms with Gasteiger partial charge in [-0.15, -0.1) is 11.3 Å². The van der Waals surface area contributed by atoms with E-state index in [1.165, 1.54) is 16.8 Å². The fourth-order valence-electron chi connectivity index (χ4n) is 2.73. The van der Waals surface area contributed by atoms with Crippen molar-refractivity contribution < 1.29 is 9.90 Å². The van der Waals surface area contributed by atoms with Crippen LogP contribution in [0.1, 0.15) is 28.5 Å². The molecule has 3 rings (SSSR count). The van der Waals surface area contributed by atoms with E-state index in [4.69, 9.17) is 5.11 Å². The first-order valence-corrected chi connectivity index (χ1v) is 7.95. The van der Waals surface area contributed by atoms with Crippen LogP contribution in [0.3, 0.4) is 0 Å². The highest BCUT2D eigenvalue weighted by Crippen LogP contribution is 2.28. The number of carbonyl (C=O) groups is 1. The first-order valence-electron chi connectivity index (χ1n) is 7.07. The fourth-order valence-corrected chi connectivity index (χ4v) is 3.53. The zero-order chi connectivity index (χ0) is 14.7. The third kappa shape index (κ3) is 3.25. The molecule has 1 aromatic heterocycles. The number of carboxylic acid groups (broad SMARTS) is 1. The lowest BCUT2D eigenvalue weighted by Gasteiger charge is -2.17. The van der Waals surface area contributed by atoms with Crippen molar-refractivity contribution in [3.05, 3.63) is 51.7 Å². The predicted molar refractivity (Wildman–Crippen MR) is 84.8 cm³/mol. The molecule has 110 valence electrons. The first kappa shape index (κ1) is 14.1. The van der Waals surface area contributed by atoms with E-state index in [1.54, 1.807) is 11.3 Å². The number of hydrogen-bond donors (Lipinski definition) is 3. The Bertz CT molecular complexity index is 625. The minimum atomic E-state index is -0.780. The Balaban J connectivity index is 1.73. The molecule has 1 aliphatic rings. The van der Waals surface area contributed by atoms with E-state index in [0.29, 0.717) is 6.54 Å². The van der Waals surface area contributed by atoms with Gasteiger partial charge in [-0.1, -0.05) is 24.3 Å². The van der Waals surface area contributed by atoms with Crippen LogP contribution < -0.4 is 10.6 Å². The minimum absolute atomic E-state index is 0.100. The summed E-state index contributed by atoms with van der Waals surface area (Å²) in [6.45, 7) is 1.65. The quantitative estimate of drug-likeness (QED) is 0.767. The average Bonchev–Trinajstić information content (AvgIpc) is 3.13. The highest BCUT2D eigenvalue weighted by atomic mass is 32.1. The number of thiophene rings is 1. The van der Waals surface area contributed by atoms with Gasteiger partial charge in [0, 0.05) is 23.7 Å². The average molecular weight is 302 g/mol. The zero-order valence-corrected chi connectivity index (χ0v) is 12.5. The van der Waals surface area contributed by atoms with Crippen LogP contribution in [-0.4, -0.2) is 17.6 Å². The molecule has 2 heterocycles. The lowest BCUT2D eigenvalue weighted by Crippen LogP contribution is -2.23. The normalized spacial score (nSPS) is 14.5. The molecule has 0 fully saturated rings. The SMILES string of the molecule is O=C(O)CC(NCc1cccc2c1NCC2)c1cccs1. The summed E-state index contributed by atoms with van der Waals surface area (Å²) in [4.78, 5) is 12.1. The van der Waals surface area contributed by atoms with Crippen LogP contribution in [0.2, 0.25) is 0 Å². The Morgan fingerprint density at radius 2 is 2.29 bits per heavy atom. The third-order valence-corrected chi connectivity index (χ3v) is 4.72. The maximum Gasteiger partial charge on any atom is 0.305 e. The smallest absolute Gasteiger partial charge is 0.305 e. The molecular weight excluding hydrogens is 284 g/mol. The Kier molecular flexibility index (Phi) is 4.22. The summed E-state index contributed by atoms with van der Waals surface area (Å²) in [5, 5.41) is 17.9. The number of para-hydroxylation sites is 1. The Labute approximate surface area is 127 Å². The number of benzene rings is 1. The largest absolute Gasteiger partial charge is 0.481 e. The lowest BCUT2D eigenvalue weighted by molar-refractivity contribution is -0.137. The molecule has 0 saturated heterocycles. The molecule has 0 radical (unpaired) electrons. The number of rotatable bonds is 6. The van der Waals surface area contributed by atoms with E-state index in [1.807, 2.05) is 17.5 Å². The van der Waals surface area contributed by atoms with Gasteiger partial charge in [0.05, 0.1) is 12.5 Å². The number of anilines is 1. The zero-order valence-electron chi connectivity index (χ0n) is 11.6. The summed E-state index contributed by atoms with van der Waals surface area (Å²) in [5.74, 6) is -0.780. The second-order valence-corrected chi connectivity index (χ2v) is 6.15. The highest BCUT2D eigenvalue weighted by Gasteiger charge is 2.18. The summed E-state index contributed by atoms with van der Waals surface area (Å²) >= 11 is 1.59. The van der Waals surface area contributed by atoms with Crippen molar-refractivity contribution in [3.63, 3.8) is 0 Å². The van der Waals surface area contributed by atoms with Crippen LogP contribution in [0.4, 0.5) is 5.69 Å². The summed E-state index contributed by atoms with van der Waals surface area (Å²) in [7, 11) is 0. The van der Waals surface area contributed by atoms with Gasteiger partial charge in [0.2, 0.25) is 0 Å². The van der Waals surface area contributed by atoms with Crippen molar-refractivity contribution in [1.82, 2.24) is 5.32 Å². The summed E-state index contributed by atoms with van der Waals surface area (Å²) in [5.41, 5.74) is 3.77. The molecule has 0 aliphatic carbocycles. The molecule has 3 N–H and O–H groups in total. The third-order valence-electron chi connectivity index (χ3n) is 3.74. The van der Waals surface area contributed by atoms with Crippen LogP contribution in [0.15, 0.2) is 35.7 Å².